The van der Waals surface area contributed by atoms with Crippen molar-refractivity contribution in [2.45, 2.75) is 6.54 Å². The van der Waals surface area contributed by atoms with Crippen molar-refractivity contribution < 1.29 is 13.7 Å². The quantitative estimate of drug-likeness (QED) is 0.400. The molecule has 4 aromatic heterocycles. The zero-order chi connectivity index (χ0) is 23.5. The summed E-state index contributed by atoms with van der Waals surface area (Å²) in [5.41, 5.74) is 1.62. The first-order valence-corrected chi connectivity index (χ1v) is 10.1. The van der Waals surface area contributed by atoms with E-state index in [1.54, 1.807) is 35.0 Å². The molecular weight excluding hydrogens is 441 g/mol. The van der Waals surface area contributed by atoms with E-state index in [9.17, 15) is 14.0 Å². The molecule has 34 heavy (non-hydrogen) atoms. The summed E-state index contributed by atoms with van der Waals surface area (Å²) < 4.78 is 20.8. The second-order valence-electron chi connectivity index (χ2n) is 7.20. The lowest BCUT2D eigenvalue weighted by Crippen LogP contribution is -2.18. The number of nitrogens with one attached hydrogen (secondary N) is 2. The van der Waals surface area contributed by atoms with E-state index in [4.69, 9.17) is 4.52 Å². The highest BCUT2D eigenvalue weighted by Crippen LogP contribution is 2.25. The van der Waals surface area contributed by atoms with E-state index in [0.717, 1.165) is 0 Å². The number of hydrogen-bond acceptors (Lipinski definition) is 7. The Hall–Kier alpha value is -4.93. The summed E-state index contributed by atoms with van der Waals surface area (Å²) in [6.07, 6.45) is 2.90. The number of hydrogen-bond donors (Lipinski definition) is 2. The number of carbonyl (C=O) groups excluding carboxylic acids is 1. The fourth-order valence-corrected chi connectivity index (χ4v) is 3.30. The molecule has 0 bridgehead atoms. The van der Waals surface area contributed by atoms with Gasteiger partial charge in [0.15, 0.2) is 5.82 Å². The van der Waals surface area contributed by atoms with Crippen LogP contribution in [0.25, 0.3) is 22.9 Å². The number of anilines is 1. The molecule has 0 aliphatic carbocycles. The minimum atomic E-state index is -0.532. The highest BCUT2D eigenvalue weighted by atomic mass is 19.1. The van der Waals surface area contributed by atoms with Crippen LogP contribution in [-0.2, 0) is 6.54 Å². The molecule has 1 aromatic carbocycles. The van der Waals surface area contributed by atoms with Crippen LogP contribution in [0.2, 0.25) is 0 Å². The Morgan fingerprint density at radius 2 is 1.97 bits per heavy atom. The van der Waals surface area contributed by atoms with E-state index >= 15 is 0 Å². The minimum absolute atomic E-state index is 0.0927. The van der Waals surface area contributed by atoms with Gasteiger partial charge in [-0.2, -0.15) is 5.10 Å². The normalized spacial score (nSPS) is 10.9. The molecule has 5 rings (SSSR count). The molecular formula is C23H16FN7O3. The van der Waals surface area contributed by atoms with E-state index in [0.29, 0.717) is 22.6 Å². The third kappa shape index (κ3) is 4.35. The molecule has 0 spiro atoms. The minimum Gasteiger partial charge on any atom is -0.364 e. The number of nitrogens with zero attached hydrogens (tertiary/aromatic N) is 5. The average molecular weight is 457 g/mol. The van der Waals surface area contributed by atoms with E-state index in [1.165, 1.54) is 42.8 Å². The molecule has 168 valence electrons. The molecule has 0 radical (unpaired) electrons. The number of aromatic nitrogens is 6. The van der Waals surface area contributed by atoms with E-state index in [1.807, 2.05) is 0 Å². The van der Waals surface area contributed by atoms with Crippen LogP contribution in [0.15, 0.2) is 82.4 Å². The molecule has 5 aromatic rings. The third-order valence-electron chi connectivity index (χ3n) is 4.90. The number of benzene rings is 1. The van der Waals surface area contributed by atoms with E-state index in [2.05, 4.69) is 30.5 Å². The summed E-state index contributed by atoms with van der Waals surface area (Å²) in [4.78, 5) is 35.0. The van der Waals surface area contributed by atoms with Crippen LogP contribution in [0.5, 0.6) is 0 Å². The number of pyridine rings is 1. The summed E-state index contributed by atoms with van der Waals surface area (Å²) in [6, 6.07) is 15.6. The summed E-state index contributed by atoms with van der Waals surface area (Å²) in [5.74, 6) is -0.441. The van der Waals surface area contributed by atoms with Gasteiger partial charge in [0.2, 0.25) is 5.56 Å². The van der Waals surface area contributed by atoms with E-state index in [-0.39, 0.29) is 29.7 Å². The Labute approximate surface area is 191 Å². The van der Waals surface area contributed by atoms with Gasteiger partial charge in [0, 0.05) is 23.9 Å². The molecule has 2 N–H and O–H groups in total. The van der Waals surface area contributed by atoms with Crippen molar-refractivity contribution in [2.75, 3.05) is 5.32 Å². The van der Waals surface area contributed by atoms with Gasteiger partial charge in [-0.25, -0.2) is 14.4 Å². The van der Waals surface area contributed by atoms with Gasteiger partial charge in [0.25, 0.3) is 5.91 Å². The Kier molecular flexibility index (Phi) is 5.48. The maximum atomic E-state index is 14.3. The van der Waals surface area contributed by atoms with Crippen LogP contribution in [0.4, 0.5) is 10.2 Å². The van der Waals surface area contributed by atoms with Crippen molar-refractivity contribution in [3.05, 3.63) is 101 Å². The Balaban J connectivity index is 1.47. The number of rotatable bonds is 6. The Morgan fingerprint density at radius 3 is 2.76 bits per heavy atom. The molecule has 1 amide bonds. The third-order valence-corrected chi connectivity index (χ3v) is 4.90. The number of aromatic amines is 1. The fourth-order valence-electron chi connectivity index (χ4n) is 3.30. The van der Waals surface area contributed by atoms with Crippen LogP contribution < -0.4 is 10.9 Å². The standard InChI is InChI=1S/C23H16FN7O3/c24-15-5-2-1-4-14(15)13-31-19(16-9-11-34-30-16)12-18(29-31)22-25-10-8-20(27-22)28-23(33)17-6-3-7-21(32)26-17/h1-12H,13H2,(H,26,32)(H,25,27,28,33). The highest BCUT2D eigenvalue weighted by Gasteiger charge is 2.17. The van der Waals surface area contributed by atoms with Crippen molar-refractivity contribution in [3.63, 3.8) is 0 Å². The fraction of sp³-hybridized carbons (Fsp3) is 0.0435. The monoisotopic (exact) mass is 457 g/mol. The van der Waals surface area contributed by atoms with Crippen LogP contribution in [0.1, 0.15) is 16.1 Å². The predicted octanol–water partition coefficient (Wildman–Crippen LogP) is 3.12. The first-order chi connectivity index (χ1) is 16.6. The maximum Gasteiger partial charge on any atom is 0.273 e. The summed E-state index contributed by atoms with van der Waals surface area (Å²) in [6.45, 7) is 0.145. The zero-order valence-corrected chi connectivity index (χ0v) is 17.5. The SMILES string of the molecule is O=C(Nc1ccnc(-c2cc(-c3ccon3)n(Cc3ccccc3F)n2)n1)c1cccc(=O)[nH]1. The molecule has 0 aliphatic rings. The number of carbonyl (C=O) groups is 1. The van der Waals surface area contributed by atoms with Crippen molar-refractivity contribution in [1.82, 2.24) is 29.9 Å². The predicted molar refractivity (Wildman–Crippen MR) is 119 cm³/mol. The smallest absolute Gasteiger partial charge is 0.273 e. The molecule has 10 nitrogen and oxygen atoms in total. The summed E-state index contributed by atoms with van der Waals surface area (Å²) >= 11 is 0. The topological polar surface area (TPSA) is 132 Å². The largest absolute Gasteiger partial charge is 0.364 e. The molecule has 4 heterocycles. The van der Waals surface area contributed by atoms with Crippen molar-refractivity contribution in [2.24, 2.45) is 0 Å². The van der Waals surface area contributed by atoms with Crippen molar-refractivity contribution >= 4 is 11.7 Å². The summed E-state index contributed by atoms with van der Waals surface area (Å²) in [5, 5.41) is 11.1. The molecule has 0 saturated heterocycles. The van der Waals surface area contributed by atoms with Gasteiger partial charge < -0.3 is 14.8 Å². The number of amides is 1. The Morgan fingerprint density at radius 1 is 1.09 bits per heavy atom. The van der Waals surface area contributed by atoms with Gasteiger partial charge in [-0.05, 0) is 24.3 Å². The molecule has 0 saturated carbocycles. The lowest BCUT2D eigenvalue weighted by atomic mass is 10.2. The van der Waals surface area contributed by atoms with Gasteiger partial charge >= 0.3 is 0 Å². The second kappa shape index (κ2) is 8.90. The lowest BCUT2D eigenvalue weighted by molar-refractivity contribution is 0.102. The maximum absolute atomic E-state index is 14.3. The first kappa shape index (κ1) is 20.9. The molecule has 0 aliphatic heterocycles. The summed E-state index contributed by atoms with van der Waals surface area (Å²) in [7, 11) is 0. The average Bonchev–Trinajstić information content (AvgIpc) is 3.51. The molecule has 0 atom stereocenters. The van der Waals surface area contributed by atoms with Crippen molar-refractivity contribution in [3.8, 4) is 22.9 Å². The first-order valence-electron chi connectivity index (χ1n) is 10.1. The van der Waals surface area contributed by atoms with E-state index < -0.39 is 11.5 Å². The van der Waals surface area contributed by atoms with Crippen LogP contribution in [0, 0.1) is 5.82 Å². The zero-order valence-electron chi connectivity index (χ0n) is 17.5. The second-order valence-corrected chi connectivity index (χ2v) is 7.20. The van der Waals surface area contributed by atoms with Gasteiger partial charge in [0.05, 0.1) is 12.2 Å². The van der Waals surface area contributed by atoms with Crippen molar-refractivity contribution in [1.29, 1.82) is 0 Å². The molecule has 0 unspecified atom stereocenters. The van der Waals surface area contributed by atoms with Gasteiger partial charge in [-0.3, -0.25) is 14.3 Å². The number of halogens is 1. The highest BCUT2D eigenvalue weighted by molar-refractivity contribution is 6.02. The molecule has 11 heteroatoms. The van der Waals surface area contributed by atoms with Gasteiger partial charge in [-0.15, -0.1) is 0 Å². The molecule has 0 fully saturated rings. The van der Waals surface area contributed by atoms with Crippen LogP contribution in [-0.4, -0.2) is 35.8 Å². The van der Waals surface area contributed by atoms with Crippen LogP contribution in [0.3, 0.4) is 0 Å². The Bertz CT molecular complexity index is 1530. The van der Waals surface area contributed by atoms with Gasteiger partial charge in [-0.1, -0.05) is 29.4 Å². The number of H-pyrrole nitrogens is 1. The lowest BCUT2D eigenvalue weighted by Gasteiger charge is -2.06. The van der Waals surface area contributed by atoms with Crippen LogP contribution >= 0.6 is 0 Å². The van der Waals surface area contributed by atoms with Gasteiger partial charge in [0.1, 0.15) is 35.0 Å².